The number of carbonyl (C=O) groups is 1. The second-order valence-electron chi connectivity index (χ2n) is 4.44. The maximum absolute atomic E-state index is 11.8. The fraction of sp³-hybridized carbons (Fsp3) is 0.357. The summed E-state index contributed by atoms with van der Waals surface area (Å²) in [6.07, 6.45) is 7.42. The van der Waals surface area contributed by atoms with Gasteiger partial charge in [-0.3, -0.25) is 4.79 Å². The SMILES string of the molecule is CC1(Cc2ccccc2)CCC=[C]C1=O. The van der Waals surface area contributed by atoms with E-state index in [9.17, 15) is 4.79 Å². The van der Waals surface area contributed by atoms with Gasteiger partial charge in [0.1, 0.15) is 0 Å². The predicted molar refractivity (Wildman–Crippen MR) is 60.3 cm³/mol. The van der Waals surface area contributed by atoms with Gasteiger partial charge in [0.05, 0.1) is 0 Å². The lowest BCUT2D eigenvalue weighted by Gasteiger charge is -2.28. The third-order valence-corrected chi connectivity index (χ3v) is 3.06. The van der Waals surface area contributed by atoms with E-state index in [2.05, 4.69) is 18.2 Å². The number of hydrogen-bond donors (Lipinski definition) is 0. The Bertz CT molecular complexity index is 378. The van der Waals surface area contributed by atoms with E-state index >= 15 is 0 Å². The molecular weight excluding hydrogens is 184 g/mol. The highest BCUT2D eigenvalue weighted by molar-refractivity contribution is 5.91. The molecule has 1 radical (unpaired) electrons. The Kier molecular flexibility index (Phi) is 2.72. The van der Waals surface area contributed by atoms with Gasteiger partial charge in [0, 0.05) is 11.5 Å². The van der Waals surface area contributed by atoms with E-state index in [4.69, 9.17) is 0 Å². The maximum Gasteiger partial charge on any atom is 0.169 e. The topological polar surface area (TPSA) is 17.1 Å². The molecule has 0 amide bonds. The maximum atomic E-state index is 11.8. The summed E-state index contributed by atoms with van der Waals surface area (Å²) in [6, 6.07) is 10.2. The number of ketones is 1. The van der Waals surface area contributed by atoms with E-state index in [0.717, 1.165) is 19.3 Å². The number of carbonyl (C=O) groups excluding carboxylic acids is 1. The Morgan fingerprint density at radius 1 is 1.33 bits per heavy atom. The van der Waals surface area contributed by atoms with Crippen LogP contribution in [0, 0.1) is 11.5 Å². The van der Waals surface area contributed by atoms with Crippen molar-refractivity contribution in [2.75, 3.05) is 0 Å². The fourth-order valence-electron chi connectivity index (χ4n) is 2.06. The van der Waals surface area contributed by atoms with Crippen molar-refractivity contribution >= 4 is 5.78 Å². The van der Waals surface area contributed by atoms with Gasteiger partial charge >= 0.3 is 0 Å². The summed E-state index contributed by atoms with van der Waals surface area (Å²) < 4.78 is 0. The summed E-state index contributed by atoms with van der Waals surface area (Å²) in [5.41, 5.74) is 0.993. The molecule has 1 atom stereocenters. The number of allylic oxidation sites excluding steroid dienone is 2. The first-order valence-corrected chi connectivity index (χ1v) is 5.37. The molecule has 0 saturated heterocycles. The van der Waals surface area contributed by atoms with Crippen LogP contribution >= 0.6 is 0 Å². The van der Waals surface area contributed by atoms with Crippen LogP contribution < -0.4 is 0 Å². The average Bonchev–Trinajstić information content (AvgIpc) is 2.24. The Morgan fingerprint density at radius 3 is 2.73 bits per heavy atom. The quantitative estimate of drug-likeness (QED) is 0.715. The van der Waals surface area contributed by atoms with Gasteiger partial charge in [0.25, 0.3) is 0 Å². The highest BCUT2D eigenvalue weighted by Crippen LogP contribution is 2.32. The Balaban J connectivity index is 2.18. The van der Waals surface area contributed by atoms with Crippen LogP contribution in [0.4, 0.5) is 0 Å². The average molecular weight is 199 g/mol. The molecule has 1 aliphatic rings. The van der Waals surface area contributed by atoms with Crippen molar-refractivity contribution in [2.45, 2.75) is 26.2 Å². The monoisotopic (exact) mass is 199 g/mol. The van der Waals surface area contributed by atoms with Crippen LogP contribution in [-0.4, -0.2) is 5.78 Å². The summed E-state index contributed by atoms with van der Waals surface area (Å²) in [4.78, 5) is 11.8. The highest BCUT2D eigenvalue weighted by Gasteiger charge is 2.32. The standard InChI is InChI=1S/C14H15O/c1-14(10-6-5-9-13(14)15)11-12-7-3-2-4-8-12/h2-5,7-8H,6,10-11H2,1H3. The normalized spacial score (nSPS) is 25.5. The zero-order valence-electron chi connectivity index (χ0n) is 8.99. The van der Waals surface area contributed by atoms with E-state index < -0.39 is 0 Å². The van der Waals surface area contributed by atoms with Crippen LogP contribution in [0.5, 0.6) is 0 Å². The molecule has 0 heterocycles. The molecule has 1 unspecified atom stereocenters. The van der Waals surface area contributed by atoms with Crippen molar-refractivity contribution < 1.29 is 4.79 Å². The van der Waals surface area contributed by atoms with E-state index in [0.29, 0.717) is 0 Å². The lowest BCUT2D eigenvalue weighted by Crippen LogP contribution is -2.31. The molecule has 0 aromatic heterocycles. The van der Waals surface area contributed by atoms with Crippen molar-refractivity contribution in [3.05, 3.63) is 48.0 Å². The molecule has 77 valence electrons. The first kappa shape index (κ1) is 10.2. The summed E-state index contributed by atoms with van der Waals surface area (Å²) in [6.45, 7) is 2.04. The van der Waals surface area contributed by atoms with E-state index in [1.807, 2.05) is 31.2 Å². The molecule has 2 rings (SSSR count). The largest absolute Gasteiger partial charge is 0.294 e. The fourth-order valence-corrected chi connectivity index (χ4v) is 2.06. The summed E-state index contributed by atoms with van der Waals surface area (Å²) >= 11 is 0. The van der Waals surface area contributed by atoms with Crippen LogP contribution in [0.1, 0.15) is 25.3 Å². The molecule has 0 spiro atoms. The summed E-state index contributed by atoms with van der Waals surface area (Å²) in [7, 11) is 0. The van der Waals surface area contributed by atoms with Crippen LogP contribution in [-0.2, 0) is 11.2 Å². The van der Waals surface area contributed by atoms with Crippen LogP contribution in [0.3, 0.4) is 0 Å². The summed E-state index contributed by atoms with van der Waals surface area (Å²) in [5, 5.41) is 0. The zero-order valence-corrected chi connectivity index (χ0v) is 8.99. The third-order valence-electron chi connectivity index (χ3n) is 3.06. The van der Waals surface area contributed by atoms with Gasteiger partial charge in [-0.15, -0.1) is 0 Å². The Morgan fingerprint density at radius 2 is 2.07 bits per heavy atom. The van der Waals surface area contributed by atoms with Gasteiger partial charge in [-0.25, -0.2) is 0 Å². The Labute approximate surface area is 90.8 Å². The second kappa shape index (κ2) is 4.01. The molecule has 1 aliphatic carbocycles. The molecule has 0 bridgehead atoms. The molecule has 1 aromatic rings. The van der Waals surface area contributed by atoms with Crippen molar-refractivity contribution in [3.63, 3.8) is 0 Å². The predicted octanol–water partition coefficient (Wildman–Crippen LogP) is 2.96. The van der Waals surface area contributed by atoms with Crippen LogP contribution in [0.15, 0.2) is 36.4 Å². The van der Waals surface area contributed by atoms with Gasteiger partial charge < -0.3 is 0 Å². The van der Waals surface area contributed by atoms with Gasteiger partial charge in [0.2, 0.25) is 0 Å². The minimum atomic E-state index is -0.240. The van der Waals surface area contributed by atoms with E-state index in [1.165, 1.54) is 5.56 Å². The van der Waals surface area contributed by atoms with Gasteiger partial charge in [-0.2, -0.15) is 0 Å². The molecule has 1 aromatic carbocycles. The van der Waals surface area contributed by atoms with Gasteiger partial charge in [-0.1, -0.05) is 43.3 Å². The van der Waals surface area contributed by atoms with Crippen molar-refractivity contribution in [2.24, 2.45) is 5.41 Å². The van der Waals surface area contributed by atoms with Gasteiger partial charge in [-0.05, 0) is 24.8 Å². The molecular formula is C14H15O. The smallest absolute Gasteiger partial charge is 0.169 e. The third kappa shape index (κ3) is 2.17. The van der Waals surface area contributed by atoms with Crippen molar-refractivity contribution in [1.29, 1.82) is 0 Å². The van der Waals surface area contributed by atoms with Crippen molar-refractivity contribution in [1.82, 2.24) is 0 Å². The minimum Gasteiger partial charge on any atom is -0.294 e. The first-order valence-electron chi connectivity index (χ1n) is 5.37. The number of hydrogen-bond acceptors (Lipinski definition) is 1. The molecule has 1 nitrogen and oxygen atoms in total. The minimum absolute atomic E-state index is 0.151. The zero-order chi connectivity index (χ0) is 10.7. The molecule has 0 N–H and O–H groups in total. The second-order valence-corrected chi connectivity index (χ2v) is 4.44. The van der Waals surface area contributed by atoms with Crippen molar-refractivity contribution in [3.8, 4) is 0 Å². The molecule has 0 fully saturated rings. The first-order chi connectivity index (χ1) is 7.21. The number of rotatable bonds is 2. The number of benzene rings is 1. The molecule has 15 heavy (non-hydrogen) atoms. The molecule has 0 saturated carbocycles. The summed E-state index contributed by atoms with van der Waals surface area (Å²) in [5.74, 6) is 0.151. The molecule has 1 heteroatoms. The highest BCUT2D eigenvalue weighted by atomic mass is 16.1. The lowest BCUT2D eigenvalue weighted by molar-refractivity contribution is -0.124. The molecule has 0 aliphatic heterocycles. The lowest BCUT2D eigenvalue weighted by atomic mass is 9.73. The van der Waals surface area contributed by atoms with Gasteiger partial charge in [0.15, 0.2) is 5.78 Å². The Hall–Kier alpha value is -1.37. The number of Topliss-reactive ketones (excluding diaryl/α,β-unsaturated/α-hetero) is 1. The van der Waals surface area contributed by atoms with E-state index in [-0.39, 0.29) is 11.2 Å². The van der Waals surface area contributed by atoms with Crippen LogP contribution in [0.2, 0.25) is 0 Å². The van der Waals surface area contributed by atoms with Crippen LogP contribution in [0.25, 0.3) is 0 Å². The van der Waals surface area contributed by atoms with E-state index in [1.54, 1.807) is 0 Å².